The van der Waals surface area contributed by atoms with E-state index in [0.29, 0.717) is 10.6 Å². The molecule has 110 valence electrons. The summed E-state index contributed by atoms with van der Waals surface area (Å²) in [6, 6.07) is 13.9. The molecule has 0 bridgehead atoms. The maximum atomic E-state index is 12.2. The van der Waals surface area contributed by atoms with E-state index in [4.69, 9.17) is 11.6 Å². The second-order valence-electron chi connectivity index (χ2n) is 5.13. The van der Waals surface area contributed by atoms with Gasteiger partial charge in [0.05, 0.1) is 12.1 Å². The summed E-state index contributed by atoms with van der Waals surface area (Å²) in [5.41, 5.74) is 2.33. The lowest BCUT2D eigenvalue weighted by atomic mass is 10.0. The van der Waals surface area contributed by atoms with E-state index in [0.717, 1.165) is 11.1 Å². The first kappa shape index (κ1) is 15.5. The Hall–Kier alpha value is -1.84. The van der Waals surface area contributed by atoms with Gasteiger partial charge in [0.1, 0.15) is 0 Å². The van der Waals surface area contributed by atoms with E-state index in [9.17, 15) is 9.90 Å². The molecule has 2 aromatic rings. The van der Waals surface area contributed by atoms with E-state index in [1.165, 1.54) is 0 Å². The average molecular weight is 304 g/mol. The SMILES string of the molecule is Cc1cccc(C(=O)NC(C)C(O)c2ccc(Cl)cc2)c1. The van der Waals surface area contributed by atoms with Crippen LogP contribution >= 0.6 is 11.6 Å². The van der Waals surface area contributed by atoms with Crippen molar-refractivity contribution in [1.29, 1.82) is 0 Å². The molecule has 0 spiro atoms. The summed E-state index contributed by atoms with van der Waals surface area (Å²) in [5, 5.41) is 13.7. The maximum Gasteiger partial charge on any atom is 0.251 e. The molecule has 4 heteroatoms. The Kier molecular flexibility index (Phi) is 4.99. The molecule has 0 aromatic heterocycles. The molecule has 0 radical (unpaired) electrons. The minimum atomic E-state index is -0.781. The Balaban J connectivity index is 2.05. The van der Waals surface area contributed by atoms with Crippen molar-refractivity contribution in [2.75, 3.05) is 0 Å². The van der Waals surface area contributed by atoms with Crippen LogP contribution in [0, 0.1) is 6.92 Å². The molecular formula is C17H18ClNO2. The molecule has 0 aliphatic heterocycles. The van der Waals surface area contributed by atoms with Crippen molar-refractivity contribution >= 4 is 17.5 Å². The number of carbonyl (C=O) groups excluding carboxylic acids is 1. The molecule has 1 amide bonds. The van der Waals surface area contributed by atoms with E-state index >= 15 is 0 Å². The molecule has 2 atom stereocenters. The Morgan fingerprint density at radius 3 is 2.48 bits per heavy atom. The molecule has 2 unspecified atom stereocenters. The summed E-state index contributed by atoms with van der Waals surface area (Å²) < 4.78 is 0. The van der Waals surface area contributed by atoms with Crippen molar-refractivity contribution in [1.82, 2.24) is 5.32 Å². The molecule has 0 fully saturated rings. The van der Waals surface area contributed by atoms with Crippen molar-refractivity contribution in [2.24, 2.45) is 0 Å². The highest BCUT2D eigenvalue weighted by Gasteiger charge is 2.19. The lowest BCUT2D eigenvalue weighted by molar-refractivity contribution is 0.0852. The van der Waals surface area contributed by atoms with Crippen molar-refractivity contribution in [3.05, 3.63) is 70.2 Å². The van der Waals surface area contributed by atoms with Crippen LogP contribution in [0.4, 0.5) is 0 Å². The second kappa shape index (κ2) is 6.74. The van der Waals surface area contributed by atoms with Crippen LogP contribution in [0.5, 0.6) is 0 Å². The third kappa shape index (κ3) is 4.06. The molecule has 2 aromatic carbocycles. The van der Waals surface area contributed by atoms with Crippen LogP contribution in [0.25, 0.3) is 0 Å². The first-order chi connectivity index (χ1) is 9.97. The topological polar surface area (TPSA) is 49.3 Å². The number of nitrogens with one attached hydrogen (secondary N) is 1. The van der Waals surface area contributed by atoms with E-state index in [2.05, 4.69) is 5.32 Å². The largest absolute Gasteiger partial charge is 0.386 e. The summed E-state index contributed by atoms with van der Waals surface area (Å²) in [5.74, 6) is -0.195. The Bertz CT molecular complexity index is 625. The Morgan fingerprint density at radius 1 is 1.19 bits per heavy atom. The molecular weight excluding hydrogens is 286 g/mol. The number of aryl methyl sites for hydroxylation is 1. The molecule has 2 N–H and O–H groups in total. The van der Waals surface area contributed by atoms with Gasteiger partial charge >= 0.3 is 0 Å². The zero-order chi connectivity index (χ0) is 15.4. The zero-order valence-electron chi connectivity index (χ0n) is 12.0. The summed E-state index contributed by atoms with van der Waals surface area (Å²) in [6.45, 7) is 3.70. The number of aliphatic hydroxyl groups excluding tert-OH is 1. The molecule has 0 heterocycles. The predicted molar refractivity (Wildman–Crippen MR) is 84.5 cm³/mol. The third-order valence-electron chi connectivity index (χ3n) is 3.32. The Morgan fingerprint density at radius 2 is 1.86 bits per heavy atom. The number of carbonyl (C=O) groups is 1. The molecule has 3 nitrogen and oxygen atoms in total. The number of hydrogen-bond acceptors (Lipinski definition) is 2. The third-order valence-corrected chi connectivity index (χ3v) is 3.58. The first-order valence-electron chi connectivity index (χ1n) is 6.78. The highest BCUT2D eigenvalue weighted by Crippen LogP contribution is 2.19. The van der Waals surface area contributed by atoms with Crippen LogP contribution in [0.1, 0.15) is 34.5 Å². The normalized spacial score (nSPS) is 13.5. The zero-order valence-corrected chi connectivity index (χ0v) is 12.8. The summed E-state index contributed by atoms with van der Waals surface area (Å²) >= 11 is 5.82. The number of benzene rings is 2. The van der Waals surface area contributed by atoms with Gasteiger partial charge in [0, 0.05) is 10.6 Å². The van der Waals surface area contributed by atoms with Crippen LogP contribution in [0.2, 0.25) is 5.02 Å². The first-order valence-corrected chi connectivity index (χ1v) is 7.16. The van der Waals surface area contributed by atoms with Gasteiger partial charge in [-0.3, -0.25) is 4.79 Å². The van der Waals surface area contributed by atoms with Crippen LogP contribution in [0.15, 0.2) is 48.5 Å². The van der Waals surface area contributed by atoms with Gasteiger partial charge in [0.15, 0.2) is 0 Å². The van der Waals surface area contributed by atoms with Crippen molar-refractivity contribution in [2.45, 2.75) is 26.0 Å². The van der Waals surface area contributed by atoms with Gasteiger partial charge < -0.3 is 10.4 Å². The molecule has 0 saturated carbocycles. The maximum absolute atomic E-state index is 12.2. The highest BCUT2D eigenvalue weighted by atomic mass is 35.5. The molecule has 0 aliphatic carbocycles. The lowest BCUT2D eigenvalue weighted by Gasteiger charge is -2.21. The van der Waals surface area contributed by atoms with Crippen molar-refractivity contribution in [3.8, 4) is 0 Å². The van der Waals surface area contributed by atoms with Crippen LogP contribution < -0.4 is 5.32 Å². The van der Waals surface area contributed by atoms with Gasteiger partial charge in [-0.05, 0) is 43.7 Å². The van der Waals surface area contributed by atoms with Crippen LogP contribution in [-0.2, 0) is 0 Å². The van der Waals surface area contributed by atoms with Crippen molar-refractivity contribution in [3.63, 3.8) is 0 Å². The van der Waals surface area contributed by atoms with Gasteiger partial charge in [-0.1, -0.05) is 41.4 Å². The van der Waals surface area contributed by atoms with Gasteiger partial charge in [-0.15, -0.1) is 0 Å². The second-order valence-corrected chi connectivity index (χ2v) is 5.56. The van der Waals surface area contributed by atoms with Crippen molar-refractivity contribution < 1.29 is 9.90 Å². The van der Waals surface area contributed by atoms with E-state index in [1.54, 1.807) is 37.3 Å². The van der Waals surface area contributed by atoms with Gasteiger partial charge in [0.2, 0.25) is 0 Å². The number of hydrogen-bond donors (Lipinski definition) is 2. The smallest absolute Gasteiger partial charge is 0.251 e. The van der Waals surface area contributed by atoms with E-state index < -0.39 is 12.1 Å². The number of aliphatic hydroxyl groups is 1. The monoisotopic (exact) mass is 303 g/mol. The van der Waals surface area contributed by atoms with Gasteiger partial charge in [0.25, 0.3) is 5.91 Å². The fourth-order valence-electron chi connectivity index (χ4n) is 2.10. The van der Waals surface area contributed by atoms with Crippen LogP contribution in [-0.4, -0.2) is 17.1 Å². The Labute approximate surface area is 129 Å². The van der Waals surface area contributed by atoms with Gasteiger partial charge in [-0.2, -0.15) is 0 Å². The van der Waals surface area contributed by atoms with E-state index in [-0.39, 0.29) is 5.91 Å². The standard InChI is InChI=1S/C17H18ClNO2/c1-11-4-3-5-14(10-11)17(21)19-12(2)16(20)13-6-8-15(18)9-7-13/h3-10,12,16,20H,1-2H3,(H,19,21). The molecule has 21 heavy (non-hydrogen) atoms. The highest BCUT2D eigenvalue weighted by molar-refractivity contribution is 6.30. The number of rotatable bonds is 4. The molecule has 0 aliphatic rings. The summed E-state index contributed by atoms with van der Waals surface area (Å²) in [6.07, 6.45) is -0.781. The minimum absolute atomic E-state index is 0.195. The number of amides is 1. The predicted octanol–water partition coefficient (Wildman–Crippen LogP) is 3.50. The quantitative estimate of drug-likeness (QED) is 0.908. The lowest BCUT2D eigenvalue weighted by Crippen LogP contribution is -2.37. The fourth-order valence-corrected chi connectivity index (χ4v) is 2.23. The molecule has 0 saturated heterocycles. The summed E-state index contributed by atoms with van der Waals surface area (Å²) in [7, 11) is 0. The number of halogens is 1. The van der Waals surface area contributed by atoms with Gasteiger partial charge in [-0.25, -0.2) is 0 Å². The fraction of sp³-hybridized carbons (Fsp3) is 0.235. The average Bonchev–Trinajstić information content (AvgIpc) is 2.47. The molecule has 2 rings (SSSR count). The van der Waals surface area contributed by atoms with Crippen LogP contribution in [0.3, 0.4) is 0 Å². The van der Waals surface area contributed by atoms with E-state index in [1.807, 2.05) is 25.1 Å². The summed E-state index contributed by atoms with van der Waals surface area (Å²) in [4.78, 5) is 12.2. The minimum Gasteiger partial charge on any atom is -0.386 e.